The third-order valence-corrected chi connectivity index (χ3v) is 3.86. The van der Waals surface area contributed by atoms with Crippen LogP contribution in [0.3, 0.4) is 0 Å². The molecule has 0 aromatic rings. The van der Waals surface area contributed by atoms with E-state index >= 15 is 0 Å². The molecule has 1 N–H and O–H groups in total. The van der Waals surface area contributed by atoms with Crippen LogP contribution < -0.4 is 4.90 Å². The summed E-state index contributed by atoms with van der Waals surface area (Å²) in [5.41, 5.74) is -5.65. The minimum atomic E-state index is -6.09. The van der Waals surface area contributed by atoms with Crippen molar-refractivity contribution in [1.29, 1.82) is 0 Å². The van der Waals surface area contributed by atoms with Gasteiger partial charge in [-0.25, -0.2) is 8.42 Å². The van der Waals surface area contributed by atoms with Crippen LogP contribution in [0.15, 0.2) is 0 Å². The van der Waals surface area contributed by atoms with Gasteiger partial charge in [0.1, 0.15) is 0 Å². The first-order chi connectivity index (χ1) is 9.08. The van der Waals surface area contributed by atoms with E-state index in [0.29, 0.717) is 0 Å². The van der Waals surface area contributed by atoms with Crippen molar-refractivity contribution in [3.63, 3.8) is 0 Å². The highest BCUT2D eigenvalue weighted by atomic mass is 32.2. The lowest BCUT2D eigenvalue weighted by Gasteiger charge is -2.11. The van der Waals surface area contributed by atoms with Gasteiger partial charge in [0.05, 0.1) is 19.6 Å². The average Bonchev–Trinajstić information content (AvgIpc) is 2.69. The topological polar surface area (TPSA) is 61.6 Å². The van der Waals surface area contributed by atoms with Crippen molar-refractivity contribution in [1.82, 2.24) is 0 Å². The fourth-order valence-electron chi connectivity index (χ4n) is 2.18. The predicted octanol–water partition coefficient (Wildman–Crippen LogP) is 1.54. The molecule has 0 aromatic heterocycles. The van der Waals surface area contributed by atoms with Crippen LogP contribution in [0, 0.1) is 5.92 Å². The van der Waals surface area contributed by atoms with Gasteiger partial charge in [0, 0.05) is 12.3 Å². The SMILES string of the molecule is CCCCCC[NH+]1CCC(C)C1.O=S(=O)([O-])C(F)(F)F. The van der Waals surface area contributed by atoms with Crippen LogP contribution in [0.25, 0.3) is 0 Å². The highest BCUT2D eigenvalue weighted by molar-refractivity contribution is 7.86. The molecule has 0 amide bonds. The zero-order valence-electron chi connectivity index (χ0n) is 12.0. The molecule has 1 fully saturated rings. The lowest BCUT2D eigenvalue weighted by atomic mass is 10.2. The number of hydrogen-bond donors (Lipinski definition) is 1. The van der Waals surface area contributed by atoms with Gasteiger partial charge < -0.3 is 9.45 Å². The molecule has 20 heavy (non-hydrogen) atoms. The van der Waals surface area contributed by atoms with Gasteiger partial charge in [-0.15, -0.1) is 0 Å². The second-order valence-electron chi connectivity index (χ2n) is 5.31. The van der Waals surface area contributed by atoms with Crippen LogP contribution in [-0.2, 0) is 10.1 Å². The molecule has 4 nitrogen and oxygen atoms in total. The number of halogens is 3. The molecule has 2 atom stereocenters. The van der Waals surface area contributed by atoms with Crippen molar-refractivity contribution in [3.05, 3.63) is 0 Å². The van der Waals surface area contributed by atoms with E-state index < -0.39 is 15.6 Å². The molecular weight excluding hydrogens is 295 g/mol. The summed E-state index contributed by atoms with van der Waals surface area (Å²) in [6, 6.07) is 0. The van der Waals surface area contributed by atoms with Crippen LogP contribution in [-0.4, -0.2) is 38.1 Å². The number of nitrogens with one attached hydrogen (secondary N) is 1. The molecular formula is C12H24F3NO3S. The Kier molecular flexibility index (Phi) is 8.69. The van der Waals surface area contributed by atoms with E-state index in [-0.39, 0.29) is 0 Å². The van der Waals surface area contributed by atoms with E-state index in [4.69, 9.17) is 13.0 Å². The van der Waals surface area contributed by atoms with Crippen LogP contribution in [0.2, 0.25) is 0 Å². The van der Waals surface area contributed by atoms with Gasteiger partial charge >= 0.3 is 5.51 Å². The van der Waals surface area contributed by atoms with Gasteiger partial charge in [-0.1, -0.05) is 26.7 Å². The fraction of sp³-hybridized carbons (Fsp3) is 1.00. The maximum absolute atomic E-state index is 10.7. The Bertz CT molecular complexity index is 357. The molecule has 0 radical (unpaired) electrons. The molecule has 0 bridgehead atoms. The van der Waals surface area contributed by atoms with Crippen LogP contribution in [0.5, 0.6) is 0 Å². The molecule has 1 aliphatic rings. The first kappa shape index (κ1) is 19.7. The summed E-state index contributed by atoms with van der Waals surface area (Å²) in [4.78, 5) is 1.86. The Morgan fingerprint density at radius 2 is 1.80 bits per heavy atom. The smallest absolute Gasteiger partial charge is 0.485 e. The molecule has 0 aromatic carbocycles. The van der Waals surface area contributed by atoms with Gasteiger partial charge in [-0.05, 0) is 12.8 Å². The monoisotopic (exact) mass is 319 g/mol. The lowest BCUT2D eigenvalue weighted by molar-refractivity contribution is -0.889. The molecule has 0 saturated carbocycles. The van der Waals surface area contributed by atoms with E-state index in [2.05, 4.69) is 13.8 Å². The largest absolute Gasteiger partial charge is 0.741 e. The molecule has 2 unspecified atom stereocenters. The molecule has 1 aliphatic heterocycles. The minimum Gasteiger partial charge on any atom is -0.741 e. The van der Waals surface area contributed by atoms with Crippen molar-refractivity contribution in [2.75, 3.05) is 19.6 Å². The number of alkyl halides is 3. The Morgan fingerprint density at radius 1 is 1.25 bits per heavy atom. The number of rotatable bonds is 5. The van der Waals surface area contributed by atoms with E-state index in [1.807, 2.05) is 4.90 Å². The van der Waals surface area contributed by atoms with Crippen molar-refractivity contribution in [2.24, 2.45) is 5.92 Å². The molecule has 1 heterocycles. The Labute approximate surface area is 119 Å². The Balaban J connectivity index is 0.000000396. The predicted molar refractivity (Wildman–Crippen MR) is 69.2 cm³/mol. The standard InChI is InChI=1S/C11H23N.CHF3O3S/c1-3-4-5-6-8-12-9-7-11(2)10-12;2-1(3,4)8(5,6)7/h11H,3-10H2,1-2H3;(H,5,6,7). The Hall–Kier alpha value is -0.340. The fourth-order valence-corrected chi connectivity index (χ4v) is 2.18. The van der Waals surface area contributed by atoms with Gasteiger partial charge in [0.15, 0.2) is 10.1 Å². The van der Waals surface area contributed by atoms with Crippen molar-refractivity contribution >= 4 is 10.1 Å². The van der Waals surface area contributed by atoms with Gasteiger partial charge in [-0.3, -0.25) is 0 Å². The lowest BCUT2D eigenvalue weighted by Crippen LogP contribution is -3.10. The molecule has 1 saturated heterocycles. The van der Waals surface area contributed by atoms with Gasteiger partial charge in [0.2, 0.25) is 0 Å². The van der Waals surface area contributed by atoms with Gasteiger partial charge in [-0.2, -0.15) is 13.2 Å². The zero-order chi connectivity index (χ0) is 15.8. The molecule has 8 heteroatoms. The van der Waals surface area contributed by atoms with E-state index in [1.165, 1.54) is 51.7 Å². The van der Waals surface area contributed by atoms with Crippen molar-refractivity contribution < 1.29 is 31.0 Å². The summed E-state index contributed by atoms with van der Waals surface area (Å²) in [5.74, 6) is 0.992. The quantitative estimate of drug-likeness (QED) is 0.475. The van der Waals surface area contributed by atoms with Crippen LogP contribution in [0.4, 0.5) is 13.2 Å². The third kappa shape index (κ3) is 8.76. The first-order valence-corrected chi connectivity index (χ1v) is 8.34. The zero-order valence-corrected chi connectivity index (χ0v) is 12.8. The molecule has 122 valence electrons. The number of likely N-dealkylation sites (tertiary alicyclic amines) is 1. The van der Waals surface area contributed by atoms with E-state index in [1.54, 1.807) is 0 Å². The van der Waals surface area contributed by atoms with Crippen molar-refractivity contribution in [3.8, 4) is 0 Å². The summed E-state index contributed by atoms with van der Waals surface area (Å²) >= 11 is 0. The number of unbranched alkanes of at least 4 members (excludes halogenated alkanes) is 3. The number of hydrogen-bond acceptors (Lipinski definition) is 3. The summed E-state index contributed by atoms with van der Waals surface area (Å²) in [5, 5.41) is 0. The second-order valence-corrected chi connectivity index (χ2v) is 6.68. The summed E-state index contributed by atoms with van der Waals surface area (Å²) in [6.45, 7) is 8.98. The van der Waals surface area contributed by atoms with Crippen molar-refractivity contribution in [2.45, 2.75) is 51.5 Å². The molecule has 1 rings (SSSR count). The Morgan fingerprint density at radius 3 is 2.15 bits per heavy atom. The van der Waals surface area contributed by atoms with Crippen LogP contribution >= 0.6 is 0 Å². The maximum Gasteiger partial charge on any atom is 0.485 e. The normalized spacial score (nSPS) is 23.3. The highest BCUT2D eigenvalue weighted by Gasteiger charge is 2.36. The van der Waals surface area contributed by atoms with Gasteiger partial charge in [0.25, 0.3) is 0 Å². The second kappa shape index (κ2) is 8.84. The highest BCUT2D eigenvalue weighted by Crippen LogP contribution is 2.20. The molecule has 0 spiro atoms. The number of quaternary nitrogens is 1. The summed E-state index contributed by atoms with van der Waals surface area (Å²) in [7, 11) is -6.09. The van der Waals surface area contributed by atoms with E-state index in [9.17, 15) is 13.2 Å². The third-order valence-electron chi connectivity index (χ3n) is 3.30. The van der Waals surface area contributed by atoms with E-state index in [0.717, 1.165) is 5.92 Å². The summed E-state index contributed by atoms with van der Waals surface area (Å²) in [6.07, 6.45) is 7.17. The van der Waals surface area contributed by atoms with Crippen LogP contribution in [0.1, 0.15) is 46.0 Å². The average molecular weight is 319 g/mol. The maximum atomic E-state index is 10.7. The minimum absolute atomic E-state index is 0.992. The molecule has 0 aliphatic carbocycles. The summed E-state index contributed by atoms with van der Waals surface area (Å²) < 4.78 is 58.9. The first-order valence-electron chi connectivity index (χ1n) is 6.93.